The fraction of sp³-hybridized carbons (Fsp3) is 0.500. The zero-order valence-electron chi connectivity index (χ0n) is 10.6. The number of imidazole rings is 1. The van der Waals surface area contributed by atoms with Gasteiger partial charge in [0.05, 0.1) is 11.0 Å². The standard InChI is InChI=1S/C14H20N2S/c1-3-7-14-15-12-8-5-6-9-13(12)16(14)10-11-17-4-2/h5-6,8-9H,3-4,7,10-11H2,1-2H3. The fourth-order valence-corrected chi connectivity index (χ4v) is 2.69. The number of rotatable bonds is 6. The second-order valence-electron chi connectivity index (χ2n) is 4.12. The number of hydrogen-bond donors (Lipinski definition) is 0. The maximum absolute atomic E-state index is 4.73. The summed E-state index contributed by atoms with van der Waals surface area (Å²) in [4.78, 5) is 4.73. The van der Waals surface area contributed by atoms with Crippen LogP contribution in [0.2, 0.25) is 0 Å². The van der Waals surface area contributed by atoms with Gasteiger partial charge in [0, 0.05) is 18.7 Å². The molecule has 2 rings (SSSR count). The van der Waals surface area contributed by atoms with Gasteiger partial charge in [-0.15, -0.1) is 0 Å². The molecule has 0 unspecified atom stereocenters. The molecule has 92 valence electrons. The van der Waals surface area contributed by atoms with Gasteiger partial charge in [0.15, 0.2) is 0 Å². The van der Waals surface area contributed by atoms with E-state index in [1.807, 2.05) is 11.8 Å². The zero-order valence-corrected chi connectivity index (χ0v) is 11.5. The molecule has 0 spiro atoms. The molecule has 0 aliphatic heterocycles. The van der Waals surface area contributed by atoms with Crippen LogP contribution >= 0.6 is 11.8 Å². The van der Waals surface area contributed by atoms with Crippen LogP contribution in [0.4, 0.5) is 0 Å². The highest BCUT2D eigenvalue weighted by molar-refractivity contribution is 7.99. The first kappa shape index (κ1) is 12.5. The van der Waals surface area contributed by atoms with Crippen LogP contribution in [-0.4, -0.2) is 21.1 Å². The number of hydrogen-bond acceptors (Lipinski definition) is 2. The Balaban J connectivity index is 2.30. The van der Waals surface area contributed by atoms with E-state index in [0.717, 1.165) is 24.9 Å². The van der Waals surface area contributed by atoms with Gasteiger partial charge in [-0.3, -0.25) is 0 Å². The normalized spacial score (nSPS) is 11.2. The molecule has 0 saturated carbocycles. The molecule has 1 aromatic heterocycles. The molecule has 1 aromatic carbocycles. The summed E-state index contributed by atoms with van der Waals surface area (Å²) >= 11 is 1.99. The third-order valence-electron chi connectivity index (χ3n) is 2.87. The molecule has 3 heteroatoms. The predicted octanol–water partition coefficient (Wildman–Crippen LogP) is 3.74. The van der Waals surface area contributed by atoms with Gasteiger partial charge >= 0.3 is 0 Å². The summed E-state index contributed by atoms with van der Waals surface area (Å²) in [5.41, 5.74) is 2.42. The minimum atomic E-state index is 1.07. The lowest BCUT2D eigenvalue weighted by Gasteiger charge is -2.07. The van der Waals surface area contributed by atoms with E-state index in [1.165, 1.54) is 22.8 Å². The van der Waals surface area contributed by atoms with Crippen molar-refractivity contribution in [3.8, 4) is 0 Å². The smallest absolute Gasteiger partial charge is 0.109 e. The highest BCUT2D eigenvalue weighted by Crippen LogP contribution is 2.17. The molecule has 0 fully saturated rings. The molecular weight excluding hydrogens is 228 g/mol. The molecule has 0 atom stereocenters. The van der Waals surface area contributed by atoms with Gasteiger partial charge in [-0.2, -0.15) is 11.8 Å². The predicted molar refractivity (Wildman–Crippen MR) is 76.7 cm³/mol. The first-order valence-corrected chi connectivity index (χ1v) is 7.54. The molecule has 0 saturated heterocycles. The lowest BCUT2D eigenvalue weighted by molar-refractivity contribution is 0.706. The number of thioether (sulfide) groups is 1. The summed E-state index contributed by atoms with van der Waals surface area (Å²) in [6.07, 6.45) is 2.23. The van der Waals surface area contributed by atoms with Gasteiger partial charge in [-0.1, -0.05) is 26.0 Å². The maximum atomic E-state index is 4.73. The number of aromatic nitrogens is 2. The molecule has 0 aliphatic carbocycles. The van der Waals surface area contributed by atoms with Crippen molar-refractivity contribution in [1.29, 1.82) is 0 Å². The van der Waals surface area contributed by atoms with E-state index in [0.29, 0.717) is 0 Å². The molecule has 2 nitrogen and oxygen atoms in total. The van der Waals surface area contributed by atoms with Gasteiger partial charge in [-0.25, -0.2) is 4.98 Å². The number of benzene rings is 1. The molecule has 0 aliphatic rings. The minimum Gasteiger partial charge on any atom is -0.327 e. The molecule has 0 N–H and O–H groups in total. The quantitative estimate of drug-likeness (QED) is 0.725. The van der Waals surface area contributed by atoms with Gasteiger partial charge in [0.2, 0.25) is 0 Å². The lowest BCUT2D eigenvalue weighted by Crippen LogP contribution is -2.05. The molecule has 17 heavy (non-hydrogen) atoms. The Labute approximate surface area is 107 Å². The van der Waals surface area contributed by atoms with E-state index >= 15 is 0 Å². The van der Waals surface area contributed by atoms with Crippen LogP contribution in [0.1, 0.15) is 26.1 Å². The van der Waals surface area contributed by atoms with Crippen LogP contribution in [0.25, 0.3) is 11.0 Å². The van der Waals surface area contributed by atoms with Crippen molar-refractivity contribution in [3.63, 3.8) is 0 Å². The molecule has 0 bridgehead atoms. The van der Waals surface area contributed by atoms with Crippen molar-refractivity contribution >= 4 is 22.8 Å². The summed E-state index contributed by atoms with van der Waals surface area (Å²) < 4.78 is 2.39. The summed E-state index contributed by atoms with van der Waals surface area (Å²) in [5.74, 6) is 3.61. The molecule has 0 amide bonds. The highest BCUT2D eigenvalue weighted by Gasteiger charge is 2.08. The molecule has 0 radical (unpaired) electrons. The van der Waals surface area contributed by atoms with Crippen LogP contribution in [0.5, 0.6) is 0 Å². The van der Waals surface area contributed by atoms with Crippen LogP contribution < -0.4 is 0 Å². The van der Waals surface area contributed by atoms with Crippen molar-refractivity contribution in [2.24, 2.45) is 0 Å². The van der Waals surface area contributed by atoms with Crippen molar-refractivity contribution in [3.05, 3.63) is 30.1 Å². The van der Waals surface area contributed by atoms with Crippen molar-refractivity contribution in [2.45, 2.75) is 33.2 Å². The number of nitrogens with zero attached hydrogens (tertiary/aromatic N) is 2. The van der Waals surface area contributed by atoms with E-state index < -0.39 is 0 Å². The Morgan fingerprint density at radius 2 is 2.06 bits per heavy atom. The van der Waals surface area contributed by atoms with E-state index in [4.69, 9.17) is 4.98 Å². The Morgan fingerprint density at radius 3 is 2.82 bits per heavy atom. The topological polar surface area (TPSA) is 17.8 Å². The number of fused-ring (bicyclic) bond motifs is 1. The summed E-state index contributed by atoms with van der Waals surface area (Å²) in [6.45, 7) is 5.50. The minimum absolute atomic E-state index is 1.07. The SMILES string of the molecule is CCCc1nc2ccccc2n1CCSCC. The molecular formula is C14H20N2S. The van der Waals surface area contributed by atoms with Gasteiger partial charge in [0.25, 0.3) is 0 Å². The van der Waals surface area contributed by atoms with Gasteiger partial charge in [-0.05, 0) is 24.3 Å². The highest BCUT2D eigenvalue weighted by atomic mass is 32.2. The van der Waals surface area contributed by atoms with E-state index in [9.17, 15) is 0 Å². The van der Waals surface area contributed by atoms with Crippen LogP contribution in [0, 0.1) is 0 Å². The maximum Gasteiger partial charge on any atom is 0.109 e. The van der Waals surface area contributed by atoms with Crippen LogP contribution in [-0.2, 0) is 13.0 Å². The Hall–Kier alpha value is -0.960. The Morgan fingerprint density at radius 1 is 1.24 bits per heavy atom. The largest absolute Gasteiger partial charge is 0.327 e. The van der Waals surface area contributed by atoms with Crippen molar-refractivity contribution in [2.75, 3.05) is 11.5 Å². The summed E-state index contributed by atoms with van der Waals surface area (Å²) in [6, 6.07) is 8.45. The Bertz CT molecular complexity index is 476. The van der Waals surface area contributed by atoms with E-state index in [-0.39, 0.29) is 0 Å². The average molecular weight is 248 g/mol. The first-order chi connectivity index (χ1) is 8.36. The number of aryl methyl sites for hydroxylation is 2. The summed E-state index contributed by atoms with van der Waals surface area (Å²) in [7, 11) is 0. The van der Waals surface area contributed by atoms with E-state index in [1.54, 1.807) is 0 Å². The third kappa shape index (κ3) is 2.83. The van der Waals surface area contributed by atoms with Gasteiger partial charge in [0.1, 0.15) is 5.82 Å². The summed E-state index contributed by atoms with van der Waals surface area (Å²) in [5, 5.41) is 0. The second-order valence-corrected chi connectivity index (χ2v) is 5.51. The third-order valence-corrected chi connectivity index (χ3v) is 3.75. The van der Waals surface area contributed by atoms with Crippen molar-refractivity contribution in [1.82, 2.24) is 9.55 Å². The molecule has 1 heterocycles. The van der Waals surface area contributed by atoms with Gasteiger partial charge < -0.3 is 4.57 Å². The van der Waals surface area contributed by atoms with Crippen LogP contribution in [0.15, 0.2) is 24.3 Å². The van der Waals surface area contributed by atoms with Crippen LogP contribution in [0.3, 0.4) is 0 Å². The van der Waals surface area contributed by atoms with Crippen molar-refractivity contribution < 1.29 is 0 Å². The lowest BCUT2D eigenvalue weighted by atomic mass is 10.3. The zero-order chi connectivity index (χ0) is 12.1. The number of para-hydroxylation sites is 2. The van der Waals surface area contributed by atoms with E-state index in [2.05, 4.69) is 42.7 Å². The monoisotopic (exact) mass is 248 g/mol. The fourth-order valence-electron chi connectivity index (χ4n) is 2.09. The average Bonchev–Trinajstić information content (AvgIpc) is 2.69. The second kappa shape index (κ2) is 6.10. The Kier molecular flexibility index (Phi) is 4.49. The first-order valence-electron chi connectivity index (χ1n) is 6.38. The molecule has 2 aromatic rings.